The highest BCUT2D eigenvalue weighted by atomic mass is 16.5. The van der Waals surface area contributed by atoms with E-state index in [1.807, 2.05) is 6.20 Å². The summed E-state index contributed by atoms with van der Waals surface area (Å²) >= 11 is 0. The lowest BCUT2D eigenvalue weighted by molar-refractivity contribution is -0.0751. The minimum atomic E-state index is -0.109. The molecule has 2 heterocycles. The van der Waals surface area contributed by atoms with Gasteiger partial charge >= 0.3 is 0 Å². The summed E-state index contributed by atoms with van der Waals surface area (Å²) in [5.74, 6) is 1.04. The van der Waals surface area contributed by atoms with Crippen LogP contribution in [0.15, 0.2) is 18.3 Å². The van der Waals surface area contributed by atoms with Crippen molar-refractivity contribution in [2.45, 2.75) is 45.9 Å². The van der Waals surface area contributed by atoms with E-state index < -0.39 is 0 Å². The molecule has 1 aliphatic heterocycles. The van der Waals surface area contributed by atoms with Crippen LogP contribution in [0.25, 0.3) is 0 Å². The van der Waals surface area contributed by atoms with Gasteiger partial charge in [-0.25, -0.2) is 4.98 Å². The maximum Gasteiger partial charge on any atom is 0.128 e. The van der Waals surface area contributed by atoms with E-state index >= 15 is 0 Å². The first kappa shape index (κ1) is 14.3. The fourth-order valence-electron chi connectivity index (χ4n) is 2.61. The van der Waals surface area contributed by atoms with Crippen molar-refractivity contribution in [3.8, 4) is 0 Å². The first-order valence-corrected chi connectivity index (χ1v) is 7.08. The average Bonchev–Trinajstić information content (AvgIpc) is 2.34. The van der Waals surface area contributed by atoms with Gasteiger partial charge in [-0.3, -0.25) is 0 Å². The van der Waals surface area contributed by atoms with Crippen LogP contribution in [-0.4, -0.2) is 36.3 Å². The van der Waals surface area contributed by atoms with Crippen LogP contribution in [0.1, 0.15) is 33.3 Å². The molecule has 1 aliphatic rings. The number of nitrogens with zero attached hydrogens (tertiary/aromatic N) is 2. The highest BCUT2D eigenvalue weighted by Gasteiger charge is 2.31. The number of morpholine rings is 1. The molecule has 2 rings (SSSR count). The van der Waals surface area contributed by atoms with Gasteiger partial charge in [0.2, 0.25) is 0 Å². The molecule has 0 radical (unpaired) electrons. The molecule has 0 bridgehead atoms. The molecule has 1 saturated heterocycles. The minimum absolute atomic E-state index is 0.109. The average molecular weight is 263 g/mol. The predicted molar refractivity (Wildman–Crippen MR) is 78.5 cm³/mol. The van der Waals surface area contributed by atoms with Crippen molar-refractivity contribution in [1.29, 1.82) is 0 Å². The monoisotopic (exact) mass is 263 g/mol. The fourth-order valence-corrected chi connectivity index (χ4v) is 2.61. The van der Waals surface area contributed by atoms with E-state index in [4.69, 9.17) is 4.74 Å². The van der Waals surface area contributed by atoms with E-state index in [-0.39, 0.29) is 11.7 Å². The summed E-state index contributed by atoms with van der Waals surface area (Å²) in [6, 6.07) is 4.26. The number of rotatable bonds is 4. The van der Waals surface area contributed by atoms with Crippen LogP contribution < -0.4 is 10.2 Å². The first-order valence-electron chi connectivity index (χ1n) is 7.08. The number of hydrogen-bond donors (Lipinski definition) is 1. The van der Waals surface area contributed by atoms with Crippen molar-refractivity contribution in [3.63, 3.8) is 0 Å². The number of ether oxygens (including phenoxy) is 1. The van der Waals surface area contributed by atoms with Gasteiger partial charge in [0.25, 0.3) is 0 Å². The summed E-state index contributed by atoms with van der Waals surface area (Å²) in [5.41, 5.74) is 1.12. The highest BCUT2D eigenvalue weighted by molar-refractivity contribution is 5.40. The normalized spacial score (nSPS) is 22.5. The van der Waals surface area contributed by atoms with Gasteiger partial charge in [0.1, 0.15) is 5.82 Å². The lowest BCUT2D eigenvalue weighted by atomic mass is 10.1. The Hall–Kier alpha value is -1.13. The number of anilines is 1. The number of hydrogen-bond acceptors (Lipinski definition) is 4. The van der Waals surface area contributed by atoms with Crippen molar-refractivity contribution >= 4 is 5.82 Å². The number of aromatic nitrogens is 1. The quantitative estimate of drug-likeness (QED) is 0.903. The minimum Gasteiger partial charge on any atom is -0.369 e. The van der Waals surface area contributed by atoms with Crippen LogP contribution in [0.3, 0.4) is 0 Å². The molecule has 1 fully saturated rings. The van der Waals surface area contributed by atoms with Crippen molar-refractivity contribution in [1.82, 2.24) is 10.3 Å². The molecule has 1 N–H and O–H groups in total. The highest BCUT2D eigenvalue weighted by Crippen LogP contribution is 2.24. The van der Waals surface area contributed by atoms with E-state index in [0.717, 1.165) is 32.0 Å². The smallest absolute Gasteiger partial charge is 0.128 e. The zero-order chi connectivity index (χ0) is 13.9. The summed E-state index contributed by atoms with van der Waals surface area (Å²) in [5, 5.41) is 3.31. The van der Waals surface area contributed by atoms with E-state index in [1.54, 1.807) is 0 Å². The van der Waals surface area contributed by atoms with E-state index in [0.29, 0.717) is 0 Å². The molecular formula is C15H25N3O. The third-order valence-electron chi connectivity index (χ3n) is 3.28. The van der Waals surface area contributed by atoms with Crippen LogP contribution in [0.4, 0.5) is 5.82 Å². The van der Waals surface area contributed by atoms with Crippen LogP contribution in [0.5, 0.6) is 0 Å². The van der Waals surface area contributed by atoms with Gasteiger partial charge in [-0.2, -0.15) is 0 Å². The third-order valence-corrected chi connectivity index (χ3v) is 3.28. The first-order chi connectivity index (χ1) is 9.00. The molecule has 0 amide bonds. The summed E-state index contributed by atoms with van der Waals surface area (Å²) < 4.78 is 5.92. The van der Waals surface area contributed by atoms with Gasteiger partial charge in [0, 0.05) is 25.8 Å². The molecule has 0 aliphatic carbocycles. The molecule has 0 aromatic carbocycles. The zero-order valence-electron chi connectivity index (χ0n) is 12.4. The SMILES string of the molecule is CCNCc1ccc(N2CC(C)OC(C)(C)C2)nc1. The van der Waals surface area contributed by atoms with Gasteiger partial charge < -0.3 is 15.0 Å². The Morgan fingerprint density at radius 1 is 1.47 bits per heavy atom. The second kappa shape index (κ2) is 5.88. The molecule has 1 unspecified atom stereocenters. The molecule has 1 aromatic heterocycles. The van der Waals surface area contributed by atoms with Gasteiger partial charge in [-0.1, -0.05) is 13.0 Å². The molecule has 1 atom stereocenters. The molecule has 106 valence electrons. The van der Waals surface area contributed by atoms with E-state index in [1.165, 1.54) is 5.56 Å². The number of pyridine rings is 1. The summed E-state index contributed by atoms with van der Waals surface area (Å²) in [7, 11) is 0. The van der Waals surface area contributed by atoms with Gasteiger partial charge in [-0.05, 0) is 38.9 Å². The largest absolute Gasteiger partial charge is 0.369 e. The lowest BCUT2D eigenvalue weighted by Gasteiger charge is -2.42. The maximum atomic E-state index is 5.92. The Morgan fingerprint density at radius 2 is 2.26 bits per heavy atom. The molecular weight excluding hydrogens is 238 g/mol. The Balaban J connectivity index is 2.05. The summed E-state index contributed by atoms with van der Waals surface area (Å²) in [4.78, 5) is 6.90. The van der Waals surface area contributed by atoms with Gasteiger partial charge in [-0.15, -0.1) is 0 Å². The topological polar surface area (TPSA) is 37.4 Å². The predicted octanol–water partition coefficient (Wildman–Crippen LogP) is 2.19. The molecule has 0 spiro atoms. The molecule has 4 nitrogen and oxygen atoms in total. The summed E-state index contributed by atoms with van der Waals surface area (Å²) in [6.07, 6.45) is 2.21. The van der Waals surface area contributed by atoms with Crippen molar-refractivity contribution in [3.05, 3.63) is 23.9 Å². The maximum absolute atomic E-state index is 5.92. The fraction of sp³-hybridized carbons (Fsp3) is 0.667. The van der Waals surface area contributed by atoms with Gasteiger partial charge in [0.15, 0.2) is 0 Å². The van der Waals surface area contributed by atoms with E-state index in [9.17, 15) is 0 Å². The zero-order valence-corrected chi connectivity index (χ0v) is 12.4. The van der Waals surface area contributed by atoms with Gasteiger partial charge in [0.05, 0.1) is 11.7 Å². The molecule has 1 aromatic rings. The summed E-state index contributed by atoms with van der Waals surface area (Å²) in [6.45, 7) is 12.2. The van der Waals surface area contributed by atoms with Crippen LogP contribution in [-0.2, 0) is 11.3 Å². The Bertz CT molecular complexity index is 402. The Morgan fingerprint density at radius 3 is 2.84 bits per heavy atom. The van der Waals surface area contributed by atoms with Crippen LogP contribution >= 0.6 is 0 Å². The van der Waals surface area contributed by atoms with Crippen LogP contribution in [0, 0.1) is 0 Å². The second-order valence-electron chi connectivity index (χ2n) is 5.87. The van der Waals surface area contributed by atoms with Crippen molar-refractivity contribution in [2.24, 2.45) is 0 Å². The van der Waals surface area contributed by atoms with Crippen LogP contribution in [0.2, 0.25) is 0 Å². The standard InChI is InChI=1S/C15H25N3O/c1-5-16-8-13-6-7-14(17-9-13)18-10-12(2)19-15(3,4)11-18/h6-7,9,12,16H,5,8,10-11H2,1-4H3. The third kappa shape index (κ3) is 3.91. The van der Waals surface area contributed by atoms with E-state index in [2.05, 4.69) is 55.0 Å². The second-order valence-corrected chi connectivity index (χ2v) is 5.87. The van der Waals surface area contributed by atoms with Crippen molar-refractivity contribution < 1.29 is 4.74 Å². The Kier molecular flexibility index (Phi) is 4.42. The lowest BCUT2D eigenvalue weighted by Crippen LogP contribution is -2.52. The molecule has 4 heteroatoms. The number of nitrogens with one attached hydrogen (secondary N) is 1. The van der Waals surface area contributed by atoms with Crippen molar-refractivity contribution in [2.75, 3.05) is 24.5 Å². The molecule has 0 saturated carbocycles. The molecule has 19 heavy (non-hydrogen) atoms. The Labute approximate surface area is 116 Å².